The molecule has 0 aliphatic rings. The molecule has 17 heavy (non-hydrogen) atoms. The van der Waals surface area contributed by atoms with Gasteiger partial charge in [0.05, 0.1) is 0 Å². The third-order valence-corrected chi connectivity index (χ3v) is 2.99. The first-order chi connectivity index (χ1) is 8.00. The van der Waals surface area contributed by atoms with Gasteiger partial charge in [0, 0.05) is 0 Å². The highest BCUT2D eigenvalue weighted by atomic mass is 16.3. The predicted molar refractivity (Wildman–Crippen MR) is 66.3 cm³/mol. The number of phenols is 3. The van der Waals surface area contributed by atoms with Gasteiger partial charge in [0.15, 0.2) is 17.2 Å². The van der Waals surface area contributed by atoms with Gasteiger partial charge in [-0.2, -0.15) is 0 Å². The minimum absolute atomic E-state index is 0.319. The SMILES string of the molecule is Cc1cccc(-c2cc(O)c(O)c(O)c2)c1C. The first-order valence-electron chi connectivity index (χ1n) is 5.32. The Morgan fingerprint density at radius 1 is 0.882 bits per heavy atom. The zero-order chi connectivity index (χ0) is 12.6. The van der Waals surface area contributed by atoms with Gasteiger partial charge in [0.2, 0.25) is 0 Å². The molecule has 0 saturated heterocycles. The van der Waals surface area contributed by atoms with Crippen molar-refractivity contribution in [1.82, 2.24) is 0 Å². The van der Waals surface area contributed by atoms with E-state index in [1.165, 1.54) is 12.1 Å². The second kappa shape index (κ2) is 4.01. The van der Waals surface area contributed by atoms with Crippen LogP contribution in [0.25, 0.3) is 11.1 Å². The summed E-state index contributed by atoms with van der Waals surface area (Å²) >= 11 is 0. The molecule has 0 atom stereocenters. The van der Waals surface area contributed by atoms with Gasteiger partial charge in [-0.15, -0.1) is 0 Å². The Labute approximate surface area is 99.6 Å². The second-order valence-corrected chi connectivity index (χ2v) is 4.11. The van der Waals surface area contributed by atoms with E-state index in [-0.39, 0.29) is 11.5 Å². The molecule has 0 spiro atoms. The fourth-order valence-corrected chi connectivity index (χ4v) is 1.82. The van der Waals surface area contributed by atoms with Crippen LogP contribution < -0.4 is 0 Å². The van der Waals surface area contributed by atoms with E-state index in [0.29, 0.717) is 5.56 Å². The summed E-state index contributed by atoms with van der Waals surface area (Å²) in [7, 11) is 0. The molecule has 0 fully saturated rings. The number of rotatable bonds is 1. The normalized spacial score (nSPS) is 10.5. The van der Waals surface area contributed by atoms with Gasteiger partial charge in [-0.1, -0.05) is 18.2 Å². The summed E-state index contributed by atoms with van der Waals surface area (Å²) in [4.78, 5) is 0. The van der Waals surface area contributed by atoms with Crippen LogP contribution in [0.4, 0.5) is 0 Å². The molecule has 0 radical (unpaired) electrons. The fourth-order valence-electron chi connectivity index (χ4n) is 1.82. The van der Waals surface area contributed by atoms with Crippen LogP contribution in [0.3, 0.4) is 0 Å². The molecular formula is C14H14O3. The van der Waals surface area contributed by atoms with E-state index in [9.17, 15) is 15.3 Å². The summed E-state index contributed by atoms with van der Waals surface area (Å²) < 4.78 is 0. The van der Waals surface area contributed by atoms with Crippen LogP contribution in [0.1, 0.15) is 11.1 Å². The molecule has 3 heteroatoms. The summed E-state index contributed by atoms with van der Waals surface area (Å²) in [6, 6.07) is 8.71. The van der Waals surface area contributed by atoms with E-state index in [1.807, 2.05) is 32.0 Å². The van der Waals surface area contributed by atoms with Crippen LogP contribution in [-0.4, -0.2) is 15.3 Å². The molecule has 0 saturated carbocycles. The minimum Gasteiger partial charge on any atom is -0.504 e. The Hall–Kier alpha value is -2.16. The highest BCUT2D eigenvalue weighted by molar-refractivity contribution is 5.73. The Morgan fingerprint density at radius 2 is 1.47 bits per heavy atom. The Bertz CT molecular complexity index is 551. The summed E-state index contributed by atoms with van der Waals surface area (Å²) in [6.45, 7) is 3.98. The molecule has 3 N–H and O–H groups in total. The molecule has 3 nitrogen and oxygen atoms in total. The summed E-state index contributed by atoms with van der Waals surface area (Å²) in [5.74, 6) is -1.12. The van der Waals surface area contributed by atoms with Crippen molar-refractivity contribution in [3.63, 3.8) is 0 Å². The zero-order valence-electron chi connectivity index (χ0n) is 9.73. The van der Waals surface area contributed by atoms with Crippen molar-refractivity contribution in [2.75, 3.05) is 0 Å². The van der Waals surface area contributed by atoms with Crippen LogP contribution in [-0.2, 0) is 0 Å². The summed E-state index contributed by atoms with van der Waals surface area (Å²) in [6.07, 6.45) is 0. The van der Waals surface area contributed by atoms with Crippen molar-refractivity contribution in [3.8, 4) is 28.4 Å². The number of hydrogen-bond acceptors (Lipinski definition) is 3. The van der Waals surface area contributed by atoms with E-state index >= 15 is 0 Å². The van der Waals surface area contributed by atoms with Gasteiger partial charge in [-0.3, -0.25) is 0 Å². The lowest BCUT2D eigenvalue weighted by molar-refractivity contribution is 0.368. The Kier molecular flexibility index (Phi) is 2.68. The molecule has 2 aromatic carbocycles. The number of aromatic hydroxyl groups is 3. The van der Waals surface area contributed by atoms with Crippen molar-refractivity contribution < 1.29 is 15.3 Å². The van der Waals surface area contributed by atoms with Crippen molar-refractivity contribution in [1.29, 1.82) is 0 Å². The largest absolute Gasteiger partial charge is 0.504 e. The number of aryl methyl sites for hydroxylation is 1. The van der Waals surface area contributed by atoms with Gasteiger partial charge < -0.3 is 15.3 Å². The van der Waals surface area contributed by atoms with E-state index in [4.69, 9.17) is 0 Å². The smallest absolute Gasteiger partial charge is 0.200 e. The van der Waals surface area contributed by atoms with Gasteiger partial charge in [-0.25, -0.2) is 0 Å². The van der Waals surface area contributed by atoms with Gasteiger partial charge in [0.1, 0.15) is 0 Å². The maximum atomic E-state index is 9.49. The zero-order valence-corrected chi connectivity index (χ0v) is 9.73. The van der Waals surface area contributed by atoms with Crippen LogP contribution >= 0.6 is 0 Å². The standard InChI is InChI=1S/C14H14O3/c1-8-4-3-5-11(9(8)2)10-6-12(15)14(17)13(16)7-10/h3-7,15-17H,1-2H3. The minimum atomic E-state index is -0.487. The monoisotopic (exact) mass is 230 g/mol. The average molecular weight is 230 g/mol. The van der Waals surface area contributed by atoms with Crippen LogP contribution in [0.15, 0.2) is 30.3 Å². The van der Waals surface area contributed by atoms with Crippen molar-refractivity contribution >= 4 is 0 Å². The second-order valence-electron chi connectivity index (χ2n) is 4.11. The first-order valence-corrected chi connectivity index (χ1v) is 5.32. The lowest BCUT2D eigenvalue weighted by Crippen LogP contribution is -1.87. The van der Waals surface area contributed by atoms with E-state index in [0.717, 1.165) is 16.7 Å². The van der Waals surface area contributed by atoms with Gasteiger partial charge in [0.25, 0.3) is 0 Å². The quantitative estimate of drug-likeness (QED) is 0.660. The molecular weight excluding hydrogens is 216 g/mol. The molecule has 0 heterocycles. The third-order valence-electron chi connectivity index (χ3n) is 2.99. The van der Waals surface area contributed by atoms with E-state index < -0.39 is 5.75 Å². The van der Waals surface area contributed by atoms with Gasteiger partial charge in [-0.05, 0) is 48.2 Å². The maximum Gasteiger partial charge on any atom is 0.200 e. The van der Waals surface area contributed by atoms with Crippen LogP contribution in [0, 0.1) is 13.8 Å². The molecule has 0 aliphatic carbocycles. The van der Waals surface area contributed by atoms with Crippen LogP contribution in [0.5, 0.6) is 17.2 Å². The molecule has 2 aromatic rings. The van der Waals surface area contributed by atoms with Crippen molar-refractivity contribution in [2.24, 2.45) is 0 Å². The topological polar surface area (TPSA) is 60.7 Å². The molecule has 2 rings (SSSR count). The number of hydrogen-bond donors (Lipinski definition) is 3. The number of phenolic OH excluding ortho intramolecular Hbond substituents is 3. The first kappa shape index (κ1) is 11.3. The lowest BCUT2D eigenvalue weighted by atomic mass is 9.96. The lowest BCUT2D eigenvalue weighted by Gasteiger charge is -2.10. The molecule has 0 aliphatic heterocycles. The average Bonchev–Trinajstić information content (AvgIpc) is 2.29. The number of benzene rings is 2. The molecule has 0 bridgehead atoms. The van der Waals surface area contributed by atoms with E-state index in [2.05, 4.69) is 0 Å². The summed E-state index contributed by atoms with van der Waals surface area (Å²) in [5, 5.41) is 28.3. The highest BCUT2D eigenvalue weighted by Gasteiger charge is 2.11. The van der Waals surface area contributed by atoms with Crippen molar-refractivity contribution in [3.05, 3.63) is 41.5 Å². The Morgan fingerprint density at radius 3 is 2.06 bits per heavy atom. The highest BCUT2D eigenvalue weighted by Crippen LogP contribution is 2.39. The van der Waals surface area contributed by atoms with Crippen LogP contribution in [0.2, 0.25) is 0 Å². The van der Waals surface area contributed by atoms with E-state index in [1.54, 1.807) is 0 Å². The molecule has 0 amide bonds. The van der Waals surface area contributed by atoms with Gasteiger partial charge >= 0.3 is 0 Å². The molecule has 0 unspecified atom stereocenters. The third kappa shape index (κ3) is 1.91. The maximum absolute atomic E-state index is 9.49. The fraction of sp³-hybridized carbons (Fsp3) is 0.143. The Balaban J connectivity index is 2.65. The molecule has 0 aromatic heterocycles. The predicted octanol–water partition coefficient (Wildman–Crippen LogP) is 3.09. The summed E-state index contributed by atoms with van der Waals surface area (Å²) in [5.41, 5.74) is 3.82. The van der Waals surface area contributed by atoms with Crippen molar-refractivity contribution in [2.45, 2.75) is 13.8 Å². The molecule has 88 valence electrons.